The van der Waals surface area contributed by atoms with E-state index in [0.29, 0.717) is 5.41 Å². The van der Waals surface area contributed by atoms with Crippen LogP contribution in [0.15, 0.2) is 12.2 Å². The summed E-state index contributed by atoms with van der Waals surface area (Å²) in [5, 5.41) is 0. The molecule has 1 aliphatic rings. The molecule has 1 aliphatic carbocycles. The Bertz CT molecular complexity index is 176. The third-order valence-corrected chi connectivity index (χ3v) is 3.89. The molecule has 0 nitrogen and oxygen atoms in total. The largest absolute Gasteiger partial charge is 0.0998 e. The van der Waals surface area contributed by atoms with Gasteiger partial charge in [0.25, 0.3) is 0 Å². The van der Waals surface area contributed by atoms with Crippen molar-refractivity contribution < 1.29 is 0 Å². The Morgan fingerprint density at radius 3 is 2.33 bits per heavy atom. The molecule has 70 valence electrons. The summed E-state index contributed by atoms with van der Waals surface area (Å²) in [5.41, 5.74) is 1.86. The molecule has 0 amide bonds. The SMILES string of the molecule is C=C(C)C1CCCC(C)C1(C)C. The lowest BCUT2D eigenvalue weighted by Crippen LogP contribution is -2.35. The van der Waals surface area contributed by atoms with Crippen molar-refractivity contribution in [2.75, 3.05) is 0 Å². The predicted octanol–water partition coefficient (Wildman–Crippen LogP) is 4.02. The van der Waals surface area contributed by atoms with E-state index in [-0.39, 0.29) is 0 Å². The highest BCUT2D eigenvalue weighted by Gasteiger charge is 2.37. The van der Waals surface area contributed by atoms with E-state index in [1.54, 1.807) is 0 Å². The standard InChI is InChI=1S/C12H22/c1-9(2)11-8-6-7-10(3)12(11,4)5/h10-11H,1,6-8H2,2-5H3. The predicted molar refractivity (Wildman–Crippen MR) is 55.1 cm³/mol. The first-order valence-corrected chi connectivity index (χ1v) is 5.11. The molecule has 0 bridgehead atoms. The number of rotatable bonds is 1. The van der Waals surface area contributed by atoms with Crippen molar-refractivity contribution in [2.24, 2.45) is 17.3 Å². The van der Waals surface area contributed by atoms with Crippen LogP contribution in [0.2, 0.25) is 0 Å². The number of allylic oxidation sites excluding steroid dienone is 1. The van der Waals surface area contributed by atoms with E-state index in [2.05, 4.69) is 34.3 Å². The lowest BCUT2D eigenvalue weighted by atomic mass is 9.61. The summed E-state index contributed by atoms with van der Waals surface area (Å²) in [6, 6.07) is 0. The molecule has 2 atom stereocenters. The van der Waals surface area contributed by atoms with Crippen LogP contribution < -0.4 is 0 Å². The molecule has 1 fully saturated rings. The molecule has 0 aromatic carbocycles. The molecule has 12 heavy (non-hydrogen) atoms. The van der Waals surface area contributed by atoms with Crippen LogP contribution in [0.3, 0.4) is 0 Å². The quantitative estimate of drug-likeness (QED) is 0.516. The van der Waals surface area contributed by atoms with Gasteiger partial charge in [0.15, 0.2) is 0 Å². The van der Waals surface area contributed by atoms with E-state index < -0.39 is 0 Å². The van der Waals surface area contributed by atoms with Crippen molar-refractivity contribution in [3.8, 4) is 0 Å². The summed E-state index contributed by atoms with van der Waals surface area (Å²) in [6.07, 6.45) is 4.14. The monoisotopic (exact) mass is 166 g/mol. The average Bonchev–Trinajstić information content (AvgIpc) is 1.94. The Hall–Kier alpha value is -0.260. The van der Waals surface area contributed by atoms with Gasteiger partial charge in [0.05, 0.1) is 0 Å². The summed E-state index contributed by atoms with van der Waals surface area (Å²) >= 11 is 0. The molecule has 1 saturated carbocycles. The van der Waals surface area contributed by atoms with Crippen LogP contribution in [-0.2, 0) is 0 Å². The van der Waals surface area contributed by atoms with Crippen molar-refractivity contribution in [1.29, 1.82) is 0 Å². The van der Waals surface area contributed by atoms with Gasteiger partial charge in [-0.2, -0.15) is 0 Å². The minimum absolute atomic E-state index is 0.476. The Morgan fingerprint density at radius 2 is 1.92 bits per heavy atom. The zero-order valence-electron chi connectivity index (χ0n) is 8.98. The fourth-order valence-electron chi connectivity index (χ4n) is 2.60. The van der Waals surface area contributed by atoms with Crippen LogP contribution in [0.4, 0.5) is 0 Å². The fraction of sp³-hybridized carbons (Fsp3) is 0.833. The van der Waals surface area contributed by atoms with Gasteiger partial charge in [-0.25, -0.2) is 0 Å². The van der Waals surface area contributed by atoms with E-state index >= 15 is 0 Å². The molecule has 0 N–H and O–H groups in total. The maximum absolute atomic E-state index is 4.11. The zero-order valence-corrected chi connectivity index (χ0v) is 8.98. The molecule has 2 unspecified atom stereocenters. The first kappa shape index (κ1) is 9.83. The van der Waals surface area contributed by atoms with Crippen LogP contribution in [0, 0.1) is 17.3 Å². The Morgan fingerprint density at radius 1 is 1.33 bits per heavy atom. The molecule has 0 saturated heterocycles. The van der Waals surface area contributed by atoms with Gasteiger partial charge in [-0.05, 0) is 30.6 Å². The van der Waals surface area contributed by atoms with Crippen molar-refractivity contribution in [2.45, 2.75) is 47.0 Å². The summed E-state index contributed by atoms with van der Waals surface area (Å²) in [6.45, 7) is 13.5. The summed E-state index contributed by atoms with van der Waals surface area (Å²) < 4.78 is 0. The second-order valence-corrected chi connectivity index (χ2v) is 5.05. The highest BCUT2D eigenvalue weighted by molar-refractivity contribution is 5.05. The van der Waals surface area contributed by atoms with Gasteiger partial charge >= 0.3 is 0 Å². The van der Waals surface area contributed by atoms with E-state index in [1.165, 1.54) is 24.8 Å². The Labute approximate surface area is 77.1 Å². The van der Waals surface area contributed by atoms with Crippen molar-refractivity contribution >= 4 is 0 Å². The summed E-state index contributed by atoms with van der Waals surface area (Å²) in [5.74, 6) is 1.61. The third-order valence-electron chi connectivity index (χ3n) is 3.89. The van der Waals surface area contributed by atoms with E-state index in [1.807, 2.05) is 0 Å². The molecular weight excluding hydrogens is 144 g/mol. The second kappa shape index (κ2) is 3.24. The zero-order chi connectivity index (χ0) is 9.35. The molecule has 1 rings (SSSR count). The van der Waals surface area contributed by atoms with Crippen LogP contribution >= 0.6 is 0 Å². The normalized spacial score (nSPS) is 34.7. The third kappa shape index (κ3) is 1.57. The van der Waals surface area contributed by atoms with Crippen LogP contribution in [0.25, 0.3) is 0 Å². The van der Waals surface area contributed by atoms with Crippen LogP contribution in [0.5, 0.6) is 0 Å². The summed E-state index contributed by atoms with van der Waals surface area (Å²) in [7, 11) is 0. The Balaban J connectivity index is 2.79. The van der Waals surface area contributed by atoms with Gasteiger partial charge < -0.3 is 0 Å². The van der Waals surface area contributed by atoms with E-state index in [4.69, 9.17) is 0 Å². The molecular formula is C12H22. The second-order valence-electron chi connectivity index (χ2n) is 5.05. The minimum atomic E-state index is 0.476. The van der Waals surface area contributed by atoms with Crippen molar-refractivity contribution in [3.05, 3.63) is 12.2 Å². The molecule has 0 heterocycles. The van der Waals surface area contributed by atoms with Gasteiger partial charge in [0.1, 0.15) is 0 Å². The maximum Gasteiger partial charge on any atom is -0.0155 e. The topological polar surface area (TPSA) is 0 Å². The molecule has 0 aromatic rings. The average molecular weight is 166 g/mol. The van der Waals surface area contributed by atoms with Gasteiger partial charge in [-0.1, -0.05) is 45.8 Å². The fourth-order valence-corrected chi connectivity index (χ4v) is 2.60. The lowest BCUT2D eigenvalue weighted by molar-refractivity contribution is 0.0943. The van der Waals surface area contributed by atoms with Gasteiger partial charge in [0.2, 0.25) is 0 Å². The lowest BCUT2D eigenvalue weighted by Gasteiger charge is -2.44. The Kier molecular flexibility index (Phi) is 2.65. The first-order valence-electron chi connectivity index (χ1n) is 5.11. The van der Waals surface area contributed by atoms with Gasteiger partial charge in [-0.15, -0.1) is 0 Å². The highest BCUT2D eigenvalue weighted by Crippen LogP contribution is 2.47. The number of hydrogen-bond donors (Lipinski definition) is 0. The summed E-state index contributed by atoms with van der Waals surface area (Å²) in [4.78, 5) is 0. The van der Waals surface area contributed by atoms with Crippen molar-refractivity contribution in [3.63, 3.8) is 0 Å². The molecule has 0 aliphatic heterocycles. The van der Waals surface area contributed by atoms with Crippen LogP contribution in [-0.4, -0.2) is 0 Å². The maximum atomic E-state index is 4.11. The van der Waals surface area contributed by atoms with Crippen LogP contribution in [0.1, 0.15) is 47.0 Å². The van der Waals surface area contributed by atoms with Gasteiger partial charge in [-0.3, -0.25) is 0 Å². The molecule has 0 spiro atoms. The molecule has 0 heteroatoms. The minimum Gasteiger partial charge on any atom is -0.0998 e. The highest BCUT2D eigenvalue weighted by atomic mass is 14.4. The van der Waals surface area contributed by atoms with E-state index in [9.17, 15) is 0 Å². The molecule has 0 aromatic heterocycles. The van der Waals surface area contributed by atoms with Gasteiger partial charge in [0, 0.05) is 0 Å². The first-order chi connectivity index (χ1) is 5.46. The van der Waals surface area contributed by atoms with E-state index in [0.717, 1.165) is 11.8 Å². The smallest absolute Gasteiger partial charge is 0.0155 e. The molecule has 0 radical (unpaired) electrons. The number of hydrogen-bond acceptors (Lipinski definition) is 0. The van der Waals surface area contributed by atoms with Crippen molar-refractivity contribution in [1.82, 2.24) is 0 Å².